The maximum Gasteiger partial charge on any atom is 0.122 e. The van der Waals surface area contributed by atoms with Gasteiger partial charge in [0.2, 0.25) is 0 Å². The average Bonchev–Trinajstić information content (AvgIpc) is 2.74. The molecule has 0 radical (unpaired) electrons. The Labute approximate surface area is 136 Å². The van der Waals surface area contributed by atoms with Gasteiger partial charge in [-0.25, -0.2) is 0 Å². The van der Waals surface area contributed by atoms with Crippen molar-refractivity contribution in [3.8, 4) is 0 Å². The summed E-state index contributed by atoms with van der Waals surface area (Å²) in [5, 5.41) is 10.5. The molecular weight excluding hydrogens is 290 g/mol. The molecule has 2 aliphatic rings. The molecule has 1 heterocycles. The van der Waals surface area contributed by atoms with Gasteiger partial charge in [-0.2, -0.15) is 0 Å². The van der Waals surface area contributed by atoms with Crippen molar-refractivity contribution in [3.63, 3.8) is 0 Å². The number of aliphatic hydroxyl groups is 1. The van der Waals surface area contributed by atoms with Crippen molar-refractivity contribution in [3.05, 3.63) is 71.6 Å². The molecule has 0 amide bonds. The third-order valence-corrected chi connectivity index (χ3v) is 5.58. The lowest BCUT2D eigenvalue weighted by Crippen LogP contribution is -2.27. The number of anilines is 1. The summed E-state index contributed by atoms with van der Waals surface area (Å²) >= 11 is 1.80. The number of rotatable bonds is 2. The molecule has 3 rings (SSSR count). The lowest BCUT2D eigenvalue weighted by atomic mass is 10.0. The predicted octanol–water partition coefficient (Wildman–Crippen LogP) is 5.08. The van der Waals surface area contributed by atoms with E-state index in [1.807, 2.05) is 6.08 Å². The van der Waals surface area contributed by atoms with Gasteiger partial charge in [0.25, 0.3) is 0 Å². The van der Waals surface area contributed by atoms with Gasteiger partial charge in [0.1, 0.15) is 11.1 Å². The Morgan fingerprint density at radius 1 is 1.23 bits per heavy atom. The first kappa shape index (κ1) is 15.0. The Hall–Kier alpha value is -1.87. The van der Waals surface area contributed by atoms with Gasteiger partial charge in [0.05, 0.1) is 5.69 Å². The first-order valence-corrected chi connectivity index (χ1v) is 8.37. The van der Waals surface area contributed by atoms with E-state index in [0.29, 0.717) is 11.5 Å². The van der Waals surface area contributed by atoms with Crippen LogP contribution in [0.1, 0.15) is 13.8 Å². The van der Waals surface area contributed by atoms with Gasteiger partial charge >= 0.3 is 0 Å². The highest BCUT2D eigenvalue weighted by Gasteiger charge is 2.32. The van der Waals surface area contributed by atoms with E-state index in [9.17, 15) is 5.11 Å². The number of para-hydroxylation sites is 1. The molecule has 1 aromatic carbocycles. The van der Waals surface area contributed by atoms with E-state index in [2.05, 4.69) is 68.8 Å². The lowest BCUT2D eigenvalue weighted by Gasteiger charge is -2.24. The molecule has 1 aromatic rings. The van der Waals surface area contributed by atoms with E-state index in [0.717, 1.165) is 11.1 Å². The minimum absolute atomic E-state index is 0.142. The van der Waals surface area contributed by atoms with Crippen LogP contribution in [0.15, 0.2) is 76.4 Å². The number of nitrogens with zero attached hydrogens (tertiary/aromatic N) is 1. The quantitative estimate of drug-likeness (QED) is 0.824. The highest BCUT2D eigenvalue weighted by molar-refractivity contribution is 8.00. The average molecular weight is 311 g/mol. The van der Waals surface area contributed by atoms with E-state index < -0.39 is 0 Å². The molecule has 0 saturated heterocycles. The number of fused-ring (bicyclic) bond motifs is 1. The zero-order chi connectivity index (χ0) is 15.9. The van der Waals surface area contributed by atoms with Gasteiger partial charge in [-0.05, 0) is 35.3 Å². The fourth-order valence-electron chi connectivity index (χ4n) is 2.76. The Morgan fingerprint density at radius 2 is 1.95 bits per heavy atom. The summed E-state index contributed by atoms with van der Waals surface area (Å²) in [6.07, 6.45) is 6.05. The third kappa shape index (κ3) is 2.50. The highest BCUT2D eigenvalue weighted by atomic mass is 32.2. The second kappa shape index (κ2) is 5.73. The number of allylic oxidation sites excluding steroid dienone is 5. The molecule has 1 aliphatic heterocycles. The lowest BCUT2D eigenvalue weighted by molar-refractivity contribution is 0.424. The van der Waals surface area contributed by atoms with Crippen LogP contribution in [0.25, 0.3) is 0 Å². The minimum atomic E-state index is 0.142. The van der Waals surface area contributed by atoms with Crippen LogP contribution in [0.4, 0.5) is 5.69 Å². The van der Waals surface area contributed by atoms with Crippen LogP contribution < -0.4 is 4.90 Å². The highest BCUT2D eigenvalue weighted by Crippen LogP contribution is 2.47. The minimum Gasteiger partial charge on any atom is -0.507 e. The Bertz CT molecular complexity index is 712. The first-order chi connectivity index (χ1) is 10.5. The maximum atomic E-state index is 10.4. The van der Waals surface area contributed by atoms with Gasteiger partial charge in [0, 0.05) is 17.5 Å². The molecule has 114 valence electrons. The molecule has 0 fully saturated rings. The van der Waals surface area contributed by atoms with Crippen molar-refractivity contribution < 1.29 is 5.11 Å². The Morgan fingerprint density at radius 3 is 2.64 bits per heavy atom. The summed E-state index contributed by atoms with van der Waals surface area (Å²) < 4.78 is 0. The standard InChI is InChI=1S/C19H21NOS/c1-12(2)14-9-10-15(13(3)17(21)11-14)19-20(4)16-7-5-6-8-18(16)22-19/h5-12,19,21H,3H2,1-2,4H3. The molecule has 0 bridgehead atoms. The fraction of sp³-hybridized carbons (Fsp3) is 0.263. The fourth-order valence-corrected chi connectivity index (χ4v) is 4.11. The van der Waals surface area contributed by atoms with Crippen LogP contribution in [0.2, 0.25) is 0 Å². The van der Waals surface area contributed by atoms with E-state index in [1.54, 1.807) is 11.8 Å². The van der Waals surface area contributed by atoms with Gasteiger partial charge in [-0.15, -0.1) is 0 Å². The summed E-state index contributed by atoms with van der Waals surface area (Å²) in [6, 6.07) is 8.39. The van der Waals surface area contributed by atoms with Crippen molar-refractivity contribution in [2.75, 3.05) is 11.9 Å². The number of aliphatic hydroxyl groups excluding tert-OH is 1. The SMILES string of the molecule is C=C1C(O)=CC(C(C)C)=CC=C1C1Sc2ccccc2N1C. The van der Waals surface area contributed by atoms with Gasteiger partial charge in [-0.1, -0.05) is 56.5 Å². The topological polar surface area (TPSA) is 23.5 Å². The van der Waals surface area contributed by atoms with Crippen LogP contribution in [0.3, 0.4) is 0 Å². The summed E-state index contributed by atoms with van der Waals surface area (Å²) in [6.45, 7) is 8.37. The van der Waals surface area contributed by atoms with E-state index in [4.69, 9.17) is 0 Å². The predicted molar refractivity (Wildman–Crippen MR) is 95.3 cm³/mol. The van der Waals surface area contributed by atoms with Crippen molar-refractivity contribution in [2.45, 2.75) is 24.1 Å². The molecule has 1 atom stereocenters. The second-order valence-electron chi connectivity index (χ2n) is 6.00. The summed E-state index contributed by atoms with van der Waals surface area (Å²) in [5.41, 5.74) is 4.13. The molecule has 22 heavy (non-hydrogen) atoms. The monoisotopic (exact) mass is 311 g/mol. The zero-order valence-corrected chi connectivity index (χ0v) is 14.0. The van der Waals surface area contributed by atoms with Gasteiger partial charge in [0.15, 0.2) is 0 Å². The number of hydrogen-bond acceptors (Lipinski definition) is 3. The van der Waals surface area contributed by atoms with Crippen molar-refractivity contribution in [1.29, 1.82) is 0 Å². The molecule has 1 N–H and O–H groups in total. The molecule has 1 unspecified atom stereocenters. The van der Waals surface area contributed by atoms with Crippen LogP contribution in [-0.4, -0.2) is 17.5 Å². The molecule has 2 nitrogen and oxygen atoms in total. The number of benzene rings is 1. The van der Waals surface area contributed by atoms with Crippen molar-refractivity contribution >= 4 is 17.4 Å². The Kier molecular flexibility index (Phi) is 3.92. The third-order valence-electron chi connectivity index (χ3n) is 4.18. The molecular formula is C19H21NOS. The smallest absolute Gasteiger partial charge is 0.122 e. The van der Waals surface area contributed by atoms with Crippen LogP contribution >= 0.6 is 11.8 Å². The van der Waals surface area contributed by atoms with E-state index >= 15 is 0 Å². The normalized spacial score (nSPS) is 21.3. The molecule has 0 aromatic heterocycles. The molecule has 0 spiro atoms. The van der Waals surface area contributed by atoms with E-state index in [1.165, 1.54) is 10.6 Å². The van der Waals surface area contributed by atoms with E-state index in [-0.39, 0.29) is 11.1 Å². The van der Waals surface area contributed by atoms with Crippen LogP contribution in [0.5, 0.6) is 0 Å². The second-order valence-corrected chi connectivity index (χ2v) is 7.12. The summed E-state index contributed by atoms with van der Waals surface area (Å²) in [4.78, 5) is 3.52. The Balaban J connectivity index is 1.99. The van der Waals surface area contributed by atoms with Crippen LogP contribution in [-0.2, 0) is 0 Å². The zero-order valence-electron chi connectivity index (χ0n) is 13.2. The number of likely N-dealkylation sites (N-methyl/N-ethyl adjacent to an activating group) is 1. The largest absolute Gasteiger partial charge is 0.507 e. The molecule has 1 aliphatic carbocycles. The van der Waals surface area contributed by atoms with Gasteiger partial charge < -0.3 is 10.0 Å². The van der Waals surface area contributed by atoms with Crippen molar-refractivity contribution in [1.82, 2.24) is 0 Å². The maximum absolute atomic E-state index is 10.4. The summed E-state index contributed by atoms with van der Waals surface area (Å²) in [5.74, 6) is 0.644. The van der Waals surface area contributed by atoms with Crippen molar-refractivity contribution in [2.24, 2.45) is 5.92 Å². The first-order valence-electron chi connectivity index (χ1n) is 7.49. The van der Waals surface area contributed by atoms with Gasteiger partial charge in [-0.3, -0.25) is 0 Å². The van der Waals surface area contributed by atoms with Crippen LogP contribution in [0, 0.1) is 5.92 Å². The number of thioether (sulfide) groups is 1. The molecule has 0 saturated carbocycles. The summed E-state index contributed by atoms with van der Waals surface area (Å²) in [7, 11) is 2.09. The molecule has 3 heteroatoms. The number of hydrogen-bond donors (Lipinski definition) is 1.